The predicted octanol–water partition coefficient (Wildman–Crippen LogP) is 2.97. The largest absolute Gasteiger partial charge is 0.381 e. The first-order chi connectivity index (χ1) is 15.2. The highest BCUT2D eigenvalue weighted by atomic mass is 32.1. The Bertz CT molecular complexity index is 1090. The van der Waals surface area contributed by atoms with Gasteiger partial charge in [-0.05, 0) is 42.7 Å². The third kappa shape index (κ3) is 3.85. The van der Waals surface area contributed by atoms with Crippen LogP contribution in [0.25, 0.3) is 10.7 Å². The fourth-order valence-electron chi connectivity index (χ4n) is 4.37. The number of amides is 1. The van der Waals surface area contributed by atoms with Gasteiger partial charge in [0.1, 0.15) is 0 Å². The molecule has 162 valence electrons. The Hall–Kier alpha value is -2.71. The maximum atomic E-state index is 13.3. The summed E-state index contributed by atoms with van der Waals surface area (Å²) in [5.74, 6) is 0.731. The number of nitrogens with zero attached hydrogens (tertiary/aromatic N) is 3. The molecule has 1 aliphatic heterocycles. The summed E-state index contributed by atoms with van der Waals surface area (Å²) in [5, 5.41) is 9.67. The third-order valence-corrected chi connectivity index (χ3v) is 7.11. The summed E-state index contributed by atoms with van der Waals surface area (Å²) >= 11 is 1.58. The second-order valence-electron chi connectivity index (χ2n) is 8.22. The van der Waals surface area contributed by atoms with Crippen LogP contribution in [0.4, 0.5) is 0 Å². The first-order valence-electron chi connectivity index (χ1n) is 10.8. The quantitative estimate of drug-likeness (QED) is 0.615. The zero-order valence-corrected chi connectivity index (χ0v) is 18.1. The van der Waals surface area contributed by atoms with Gasteiger partial charge < -0.3 is 10.1 Å². The molecule has 2 fully saturated rings. The fraction of sp³-hybridized carbons (Fsp3) is 0.435. The van der Waals surface area contributed by atoms with Crippen LogP contribution >= 0.6 is 11.3 Å². The lowest BCUT2D eigenvalue weighted by Crippen LogP contribution is -2.49. The molecule has 8 heteroatoms. The Balaban J connectivity index is 1.32. The number of carbonyl (C=O) groups excluding carboxylic acids is 1. The summed E-state index contributed by atoms with van der Waals surface area (Å²) in [6.45, 7) is 1.85. The third-order valence-electron chi connectivity index (χ3n) is 6.24. The highest BCUT2D eigenvalue weighted by Crippen LogP contribution is 2.37. The number of ether oxygens (including phenoxy) is 1. The molecule has 0 atom stereocenters. The Morgan fingerprint density at radius 2 is 1.94 bits per heavy atom. The normalized spacial score (nSPS) is 18.1. The Labute approximate surface area is 184 Å². The van der Waals surface area contributed by atoms with Crippen molar-refractivity contribution in [1.29, 1.82) is 0 Å². The van der Waals surface area contributed by atoms with Gasteiger partial charge in [-0.15, -0.1) is 16.4 Å². The second kappa shape index (κ2) is 8.43. The molecule has 31 heavy (non-hydrogen) atoms. The van der Waals surface area contributed by atoms with E-state index < -0.39 is 5.41 Å². The molecule has 2 aromatic heterocycles. The molecule has 0 bridgehead atoms. The molecular formula is C23H26N4O3S. The lowest BCUT2D eigenvalue weighted by atomic mass is 9.73. The van der Waals surface area contributed by atoms with Crippen molar-refractivity contribution in [2.45, 2.75) is 43.7 Å². The first kappa shape index (κ1) is 20.2. The maximum Gasteiger partial charge on any atom is 0.346 e. The van der Waals surface area contributed by atoms with Crippen molar-refractivity contribution in [3.05, 3.63) is 63.9 Å². The van der Waals surface area contributed by atoms with E-state index in [1.807, 2.05) is 52.4 Å². The van der Waals surface area contributed by atoms with Crippen LogP contribution in [0.5, 0.6) is 0 Å². The molecule has 0 spiro atoms. The van der Waals surface area contributed by atoms with Gasteiger partial charge in [-0.3, -0.25) is 9.36 Å². The van der Waals surface area contributed by atoms with Crippen LogP contribution in [0.2, 0.25) is 0 Å². The molecule has 1 N–H and O–H groups in total. The zero-order chi connectivity index (χ0) is 21.3. The average molecular weight is 439 g/mol. The van der Waals surface area contributed by atoms with Crippen LogP contribution in [-0.4, -0.2) is 40.0 Å². The highest BCUT2D eigenvalue weighted by molar-refractivity contribution is 7.13. The lowest BCUT2D eigenvalue weighted by molar-refractivity contribution is -0.130. The summed E-state index contributed by atoms with van der Waals surface area (Å²) in [5.41, 5.74) is 0.343. The van der Waals surface area contributed by atoms with E-state index in [1.54, 1.807) is 11.3 Å². The van der Waals surface area contributed by atoms with Crippen molar-refractivity contribution in [2.75, 3.05) is 19.8 Å². The van der Waals surface area contributed by atoms with Crippen LogP contribution in [-0.2, 0) is 21.5 Å². The molecule has 3 heterocycles. The molecule has 1 amide bonds. The van der Waals surface area contributed by atoms with Crippen LogP contribution in [0, 0.1) is 0 Å². The molecule has 0 unspecified atom stereocenters. The van der Waals surface area contributed by atoms with Crippen LogP contribution in [0.15, 0.2) is 52.6 Å². The van der Waals surface area contributed by atoms with Crippen molar-refractivity contribution >= 4 is 17.2 Å². The minimum absolute atomic E-state index is 0.00449. The number of hydrogen-bond acceptors (Lipinski definition) is 5. The summed E-state index contributed by atoms with van der Waals surface area (Å²) in [6, 6.07) is 14.1. The summed E-state index contributed by atoms with van der Waals surface area (Å²) in [6.07, 6.45) is 3.34. The zero-order valence-electron chi connectivity index (χ0n) is 17.3. The first-order valence-corrected chi connectivity index (χ1v) is 11.7. The van der Waals surface area contributed by atoms with E-state index in [1.165, 1.54) is 4.68 Å². The van der Waals surface area contributed by atoms with E-state index in [2.05, 4.69) is 10.4 Å². The number of hydrogen-bond donors (Lipinski definition) is 1. The van der Waals surface area contributed by atoms with Gasteiger partial charge in [-0.2, -0.15) is 0 Å². The van der Waals surface area contributed by atoms with Gasteiger partial charge in [-0.25, -0.2) is 9.48 Å². The van der Waals surface area contributed by atoms with E-state index in [-0.39, 0.29) is 17.6 Å². The van der Waals surface area contributed by atoms with Gasteiger partial charge in [-0.1, -0.05) is 36.4 Å². The van der Waals surface area contributed by atoms with Crippen molar-refractivity contribution in [3.63, 3.8) is 0 Å². The van der Waals surface area contributed by atoms with Gasteiger partial charge in [0.2, 0.25) is 5.91 Å². The molecule has 3 aromatic rings. The molecular weight excluding hydrogens is 412 g/mol. The van der Waals surface area contributed by atoms with Crippen molar-refractivity contribution < 1.29 is 9.53 Å². The monoisotopic (exact) mass is 438 g/mol. The van der Waals surface area contributed by atoms with E-state index in [0.29, 0.717) is 39.1 Å². The number of aromatic nitrogens is 3. The number of nitrogens with one attached hydrogen (secondary N) is 1. The van der Waals surface area contributed by atoms with Gasteiger partial charge in [0.05, 0.1) is 16.8 Å². The number of thiophene rings is 1. The van der Waals surface area contributed by atoms with Crippen LogP contribution in [0.3, 0.4) is 0 Å². The number of rotatable bonds is 7. The SMILES string of the molecule is O=C(NCCn1nc(-c2cccs2)n(C2CC2)c1=O)C1(c2ccccc2)CCOCC1. The molecule has 1 aliphatic carbocycles. The minimum Gasteiger partial charge on any atom is -0.381 e. The van der Waals surface area contributed by atoms with E-state index >= 15 is 0 Å². The van der Waals surface area contributed by atoms with E-state index in [0.717, 1.165) is 29.1 Å². The Morgan fingerprint density at radius 1 is 1.16 bits per heavy atom. The van der Waals surface area contributed by atoms with Gasteiger partial charge >= 0.3 is 5.69 Å². The molecule has 5 rings (SSSR count). The van der Waals surface area contributed by atoms with Crippen molar-refractivity contribution in [3.8, 4) is 10.7 Å². The Morgan fingerprint density at radius 3 is 2.61 bits per heavy atom. The van der Waals surface area contributed by atoms with Crippen LogP contribution in [0.1, 0.15) is 37.3 Å². The molecule has 1 saturated heterocycles. The lowest BCUT2D eigenvalue weighted by Gasteiger charge is -2.36. The molecule has 0 radical (unpaired) electrons. The summed E-state index contributed by atoms with van der Waals surface area (Å²) < 4.78 is 8.84. The van der Waals surface area contributed by atoms with E-state index in [9.17, 15) is 9.59 Å². The smallest absolute Gasteiger partial charge is 0.346 e. The topological polar surface area (TPSA) is 78.2 Å². The maximum absolute atomic E-state index is 13.3. The van der Waals surface area contributed by atoms with Gasteiger partial charge in [0.25, 0.3) is 0 Å². The van der Waals surface area contributed by atoms with E-state index in [4.69, 9.17) is 4.74 Å². The molecule has 1 aromatic carbocycles. The highest BCUT2D eigenvalue weighted by Gasteiger charge is 2.41. The standard InChI is InChI=1S/C23H26N4O3S/c28-21(23(10-14-30-15-11-23)17-5-2-1-3-6-17)24-12-13-26-22(29)27(18-8-9-18)20(25-26)19-7-4-16-31-19/h1-7,16,18H,8-15H2,(H,24,28). The molecule has 1 saturated carbocycles. The average Bonchev–Trinajstić information content (AvgIpc) is 3.38. The number of carbonyl (C=O) groups is 1. The van der Waals surface area contributed by atoms with Gasteiger partial charge in [0.15, 0.2) is 5.82 Å². The van der Waals surface area contributed by atoms with Gasteiger partial charge in [0, 0.05) is 25.8 Å². The second-order valence-corrected chi connectivity index (χ2v) is 9.17. The van der Waals surface area contributed by atoms with Crippen LogP contribution < -0.4 is 11.0 Å². The number of benzene rings is 1. The van der Waals surface area contributed by atoms with Crippen molar-refractivity contribution in [1.82, 2.24) is 19.7 Å². The Kier molecular flexibility index (Phi) is 5.50. The molecule has 2 aliphatic rings. The predicted molar refractivity (Wildman–Crippen MR) is 119 cm³/mol. The summed E-state index contributed by atoms with van der Waals surface area (Å²) in [7, 11) is 0. The van der Waals surface area contributed by atoms with Crippen molar-refractivity contribution in [2.24, 2.45) is 0 Å². The minimum atomic E-state index is -0.583. The fourth-order valence-corrected chi connectivity index (χ4v) is 5.08. The molecule has 7 nitrogen and oxygen atoms in total. The summed E-state index contributed by atoms with van der Waals surface area (Å²) in [4.78, 5) is 27.3.